The third-order valence-corrected chi connectivity index (χ3v) is 2.21. The highest BCUT2D eigenvalue weighted by molar-refractivity contribution is 7.99. The van der Waals surface area contributed by atoms with Gasteiger partial charge in [-0.1, -0.05) is 0 Å². The molecule has 0 unspecified atom stereocenters. The maximum atomic E-state index is 8.58. The molecule has 1 aromatic rings. The fourth-order valence-electron chi connectivity index (χ4n) is 0.743. The van der Waals surface area contributed by atoms with Crippen LogP contribution in [0.4, 0.5) is 5.82 Å². The van der Waals surface area contributed by atoms with Crippen LogP contribution in [0.25, 0.3) is 0 Å². The molecule has 1 aromatic heterocycles. The minimum atomic E-state index is 0.179. The Morgan fingerprint density at radius 2 is 2.50 bits per heavy atom. The van der Waals surface area contributed by atoms with Crippen LogP contribution < -0.4 is 11.3 Å². The van der Waals surface area contributed by atoms with Gasteiger partial charge in [0.15, 0.2) is 0 Å². The minimum absolute atomic E-state index is 0.179. The van der Waals surface area contributed by atoms with E-state index in [-0.39, 0.29) is 6.61 Å². The standard InChI is InChI=1S/C7H11N3OS/c8-10-7-5-6(1-2-9-7)12-4-3-11/h1-2,5,11H,3-4,8H2,(H,9,10). The van der Waals surface area contributed by atoms with Crippen molar-refractivity contribution in [1.29, 1.82) is 0 Å². The number of rotatable bonds is 4. The summed E-state index contributed by atoms with van der Waals surface area (Å²) in [6.45, 7) is 0.179. The van der Waals surface area contributed by atoms with Crippen molar-refractivity contribution < 1.29 is 5.11 Å². The largest absolute Gasteiger partial charge is 0.396 e. The van der Waals surface area contributed by atoms with E-state index in [0.29, 0.717) is 11.6 Å². The van der Waals surface area contributed by atoms with Gasteiger partial charge in [0.2, 0.25) is 0 Å². The predicted octanol–water partition coefficient (Wildman–Crippen LogP) is 0.452. The zero-order valence-corrected chi connectivity index (χ0v) is 7.34. The number of nitrogens with one attached hydrogen (secondary N) is 1. The van der Waals surface area contributed by atoms with E-state index < -0.39 is 0 Å². The van der Waals surface area contributed by atoms with Gasteiger partial charge in [-0.3, -0.25) is 0 Å². The van der Waals surface area contributed by atoms with E-state index in [9.17, 15) is 0 Å². The Bertz CT molecular complexity index is 244. The Morgan fingerprint density at radius 1 is 1.67 bits per heavy atom. The van der Waals surface area contributed by atoms with Gasteiger partial charge in [0.05, 0.1) is 6.61 Å². The van der Waals surface area contributed by atoms with E-state index in [1.807, 2.05) is 12.1 Å². The fourth-order valence-corrected chi connectivity index (χ4v) is 1.42. The van der Waals surface area contributed by atoms with Crippen molar-refractivity contribution in [1.82, 2.24) is 4.98 Å². The van der Waals surface area contributed by atoms with Crippen LogP contribution in [0.15, 0.2) is 23.2 Å². The van der Waals surface area contributed by atoms with Crippen molar-refractivity contribution in [2.75, 3.05) is 17.8 Å². The first-order chi connectivity index (χ1) is 5.86. The smallest absolute Gasteiger partial charge is 0.140 e. The zero-order valence-electron chi connectivity index (χ0n) is 6.53. The molecule has 0 aliphatic carbocycles. The summed E-state index contributed by atoms with van der Waals surface area (Å²) in [5.74, 6) is 6.50. The summed E-state index contributed by atoms with van der Waals surface area (Å²) in [4.78, 5) is 5.00. The first kappa shape index (κ1) is 9.31. The molecule has 4 N–H and O–H groups in total. The molecule has 0 spiro atoms. The van der Waals surface area contributed by atoms with Crippen LogP contribution in [0.5, 0.6) is 0 Å². The molecule has 0 saturated carbocycles. The molecular weight excluding hydrogens is 174 g/mol. The summed E-state index contributed by atoms with van der Waals surface area (Å²) in [7, 11) is 0. The molecule has 1 rings (SSSR count). The molecule has 0 atom stereocenters. The maximum Gasteiger partial charge on any atom is 0.140 e. The average molecular weight is 185 g/mol. The van der Waals surface area contributed by atoms with Crippen LogP contribution in [-0.4, -0.2) is 22.5 Å². The number of pyridine rings is 1. The van der Waals surface area contributed by atoms with Crippen molar-refractivity contribution in [3.63, 3.8) is 0 Å². The van der Waals surface area contributed by atoms with Gasteiger partial charge in [-0.2, -0.15) is 0 Å². The van der Waals surface area contributed by atoms with Crippen molar-refractivity contribution in [3.05, 3.63) is 18.3 Å². The number of nitrogens with zero attached hydrogens (tertiary/aromatic N) is 1. The van der Waals surface area contributed by atoms with Gasteiger partial charge in [0.1, 0.15) is 5.82 Å². The molecular formula is C7H11N3OS. The Balaban J connectivity index is 2.60. The summed E-state index contributed by atoms with van der Waals surface area (Å²) in [6.07, 6.45) is 1.68. The van der Waals surface area contributed by atoms with Gasteiger partial charge >= 0.3 is 0 Å². The third-order valence-electron chi connectivity index (χ3n) is 1.24. The number of nitrogens with two attached hydrogens (primary N) is 1. The molecule has 1 heterocycles. The molecule has 0 saturated heterocycles. The highest BCUT2D eigenvalue weighted by Crippen LogP contribution is 2.18. The van der Waals surface area contributed by atoms with Crippen LogP contribution in [0.3, 0.4) is 0 Å². The number of thioether (sulfide) groups is 1. The van der Waals surface area contributed by atoms with Crippen LogP contribution in [-0.2, 0) is 0 Å². The Labute approximate surface area is 75.2 Å². The number of aromatic nitrogens is 1. The predicted molar refractivity (Wildman–Crippen MR) is 49.9 cm³/mol. The summed E-state index contributed by atoms with van der Waals surface area (Å²) < 4.78 is 0. The van der Waals surface area contributed by atoms with Crippen molar-refractivity contribution in [2.45, 2.75) is 4.90 Å². The van der Waals surface area contributed by atoms with Crippen LogP contribution in [0.2, 0.25) is 0 Å². The number of hydrazine groups is 1. The van der Waals surface area contributed by atoms with Gasteiger partial charge in [0, 0.05) is 16.8 Å². The quantitative estimate of drug-likeness (QED) is 0.361. The number of aliphatic hydroxyl groups excluding tert-OH is 1. The highest BCUT2D eigenvalue weighted by Gasteiger charge is 1.95. The number of nitrogen functional groups attached to an aromatic ring is 1. The highest BCUT2D eigenvalue weighted by atomic mass is 32.2. The number of hydrogen-bond donors (Lipinski definition) is 3. The van der Waals surface area contributed by atoms with Crippen LogP contribution >= 0.6 is 11.8 Å². The zero-order chi connectivity index (χ0) is 8.81. The van der Waals surface area contributed by atoms with Crippen molar-refractivity contribution >= 4 is 17.6 Å². The molecule has 66 valence electrons. The summed E-state index contributed by atoms with van der Waals surface area (Å²) >= 11 is 1.56. The third kappa shape index (κ3) is 2.69. The summed E-state index contributed by atoms with van der Waals surface area (Å²) in [5.41, 5.74) is 2.46. The van der Waals surface area contributed by atoms with Gasteiger partial charge in [0.25, 0.3) is 0 Å². The maximum absolute atomic E-state index is 8.58. The van der Waals surface area contributed by atoms with Crippen molar-refractivity contribution in [3.8, 4) is 0 Å². The van der Waals surface area contributed by atoms with Crippen molar-refractivity contribution in [2.24, 2.45) is 5.84 Å². The second-order valence-corrected chi connectivity index (χ2v) is 3.26. The second-order valence-electron chi connectivity index (χ2n) is 2.09. The molecule has 0 aromatic carbocycles. The average Bonchev–Trinajstić information content (AvgIpc) is 2.15. The Morgan fingerprint density at radius 3 is 3.17 bits per heavy atom. The second kappa shape index (κ2) is 4.97. The molecule has 4 nitrogen and oxygen atoms in total. The molecule has 0 fully saturated rings. The Kier molecular flexibility index (Phi) is 3.86. The molecule has 0 radical (unpaired) electrons. The van der Waals surface area contributed by atoms with Crippen LogP contribution in [0, 0.1) is 0 Å². The van der Waals surface area contributed by atoms with E-state index >= 15 is 0 Å². The number of aliphatic hydroxyl groups is 1. The molecule has 12 heavy (non-hydrogen) atoms. The molecule has 0 bridgehead atoms. The lowest BCUT2D eigenvalue weighted by Crippen LogP contribution is -2.08. The summed E-state index contributed by atoms with van der Waals surface area (Å²) in [5, 5.41) is 8.58. The lowest BCUT2D eigenvalue weighted by molar-refractivity contribution is 0.322. The first-order valence-electron chi connectivity index (χ1n) is 3.53. The first-order valence-corrected chi connectivity index (χ1v) is 4.51. The monoisotopic (exact) mass is 185 g/mol. The molecule has 0 aliphatic heterocycles. The lowest BCUT2D eigenvalue weighted by atomic mass is 10.5. The fraction of sp³-hybridized carbons (Fsp3) is 0.286. The van der Waals surface area contributed by atoms with E-state index in [1.54, 1.807) is 18.0 Å². The van der Waals surface area contributed by atoms with E-state index in [0.717, 1.165) is 4.90 Å². The summed E-state index contributed by atoms with van der Waals surface area (Å²) in [6, 6.07) is 3.71. The molecule has 0 amide bonds. The van der Waals surface area contributed by atoms with E-state index in [4.69, 9.17) is 10.9 Å². The topological polar surface area (TPSA) is 71.2 Å². The van der Waals surface area contributed by atoms with E-state index in [1.165, 1.54) is 0 Å². The SMILES string of the molecule is NNc1cc(SCCO)ccn1. The van der Waals surface area contributed by atoms with Gasteiger partial charge in [-0.15, -0.1) is 11.8 Å². The van der Waals surface area contributed by atoms with Crippen LogP contribution in [0.1, 0.15) is 0 Å². The van der Waals surface area contributed by atoms with Gasteiger partial charge in [-0.05, 0) is 12.1 Å². The number of anilines is 1. The number of hydrogen-bond acceptors (Lipinski definition) is 5. The van der Waals surface area contributed by atoms with Gasteiger partial charge in [-0.25, -0.2) is 10.8 Å². The Hall–Kier alpha value is -0.780. The lowest BCUT2D eigenvalue weighted by Gasteiger charge is -2.01. The van der Waals surface area contributed by atoms with E-state index in [2.05, 4.69) is 10.4 Å². The molecule has 0 aliphatic rings. The molecule has 5 heteroatoms. The van der Waals surface area contributed by atoms with Gasteiger partial charge < -0.3 is 10.5 Å². The minimum Gasteiger partial charge on any atom is -0.396 e. The normalized spacial score (nSPS) is 9.83.